The van der Waals surface area contributed by atoms with Crippen LogP contribution in [0.5, 0.6) is 11.5 Å². The van der Waals surface area contributed by atoms with Gasteiger partial charge in [0, 0.05) is 67.2 Å². The number of phenols is 1. The van der Waals surface area contributed by atoms with Crippen molar-refractivity contribution in [1.82, 2.24) is 4.98 Å². The van der Waals surface area contributed by atoms with Crippen LogP contribution >= 0.6 is 0 Å². The third-order valence-corrected chi connectivity index (χ3v) is 12.6. The first-order chi connectivity index (χ1) is 29.2. The minimum absolute atomic E-state index is 0.0312. The number of phenolic OH excluding ortho intramolecular Hbond substituents is 1. The molecule has 0 unspecified atom stereocenters. The Bertz CT molecular complexity index is 2570. The zero-order chi connectivity index (χ0) is 45.0. The number of aryl methyl sites for hydroxylation is 1. The van der Waals surface area contributed by atoms with E-state index in [9.17, 15) is 24.6 Å². The van der Waals surface area contributed by atoms with Crippen molar-refractivity contribution in [2.75, 3.05) is 40.1 Å². The first-order valence-corrected chi connectivity index (χ1v) is 21.3. The highest BCUT2D eigenvalue weighted by molar-refractivity contribution is 6.19. The molecule has 0 spiro atoms. The third kappa shape index (κ3) is 8.57. The summed E-state index contributed by atoms with van der Waals surface area (Å²) in [5.41, 5.74) is 2.90. The number of ether oxygens (including phenoxy) is 5. The molecular formula is C48H60N3O11+. The maximum atomic E-state index is 14.3. The fourth-order valence-corrected chi connectivity index (χ4v) is 9.10. The lowest BCUT2D eigenvalue weighted by atomic mass is 9.86. The zero-order valence-electron chi connectivity index (χ0n) is 37.5. The van der Waals surface area contributed by atoms with Gasteiger partial charge in [0.15, 0.2) is 22.3 Å². The highest BCUT2D eigenvalue weighted by atomic mass is 16.7. The molecule has 14 heteroatoms. The monoisotopic (exact) mass is 854 g/mol. The molecule has 9 atom stereocenters. The number of carbonyl (C=O) groups excluding carboxylic acids is 2. The molecule has 14 nitrogen and oxygen atoms in total. The number of esters is 1. The van der Waals surface area contributed by atoms with Crippen molar-refractivity contribution < 1.29 is 52.4 Å². The highest BCUT2D eigenvalue weighted by Gasteiger charge is 2.50. The number of amides is 1. The highest BCUT2D eigenvalue weighted by Crippen LogP contribution is 2.48. The van der Waals surface area contributed by atoms with Gasteiger partial charge >= 0.3 is 5.97 Å². The lowest BCUT2D eigenvalue weighted by molar-refractivity contribution is -0.870. The van der Waals surface area contributed by atoms with E-state index < -0.39 is 65.3 Å². The Hall–Kier alpha value is -5.28. The van der Waals surface area contributed by atoms with Crippen LogP contribution < -0.4 is 15.5 Å². The second-order valence-electron chi connectivity index (χ2n) is 18.5. The Morgan fingerprint density at radius 3 is 2.50 bits per heavy atom. The SMILES string of the molecule is CO[C@H]1/C=C/O[C@]2(C)Cc3c(c(C)c(=O)c4c(O)c(c5oc6cc(CCC[N+](C)(C)C)ccc6nc5c34)NC(=O)/C(C)=C\C=C\[C@H](C)[C@@H]3O[C@H]([C@H](O)[C@@H]3C)[C@H](OC(C)=O)[C@@H]1C)O2. The van der Waals surface area contributed by atoms with Crippen LogP contribution in [0.4, 0.5) is 5.69 Å². The van der Waals surface area contributed by atoms with E-state index >= 15 is 0 Å². The van der Waals surface area contributed by atoms with Crippen molar-refractivity contribution in [3.05, 3.63) is 81.3 Å². The van der Waals surface area contributed by atoms with Gasteiger partial charge in [-0.1, -0.05) is 45.1 Å². The number of aliphatic hydroxyl groups excluding tert-OH is 1. The van der Waals surface area contributed by atoms with E-state index in [0.717, 1.165) is 29.4 Å². The Balaban J connectivity index is 1.40. The van der Waals surface area contributed by atoms with Gasteiger partial charge in [-0.25, -0.2) is 4.98 Å². The summed E-state index contributed by atoms with van der Waals surface area (Å²) in [5, 5.41) is 26.8. The molecule has 3 aromatic carbocycles. The van der Waals surface area contributed by atoms with E-state index in [0.29, 0.717) is 33.4 Å². The van der Waals surface area contributed by atoms with Crippen LogP contribution in [-0.4, -0.2) is 103 Å². The van der Waals surface area contributed by atoms with Crippen LogP contribution in [-0.2, 0) is 41.4 Å². The molecule has 0 radical (unpaired) electrons. The number of aromatic hydroxyl groups is 1. The van der Waals surface area contributed by atoms with Crippen LogP contribution in [0.2, 0.25) is 0 Å². The first-order valence-electron chi connectivity index (χ1n) is 21.3. The van der Waals surface area contributed by atoms with Crippen molar-refractivity contribution in [3.8, 4) is 11.5 Å². The summed E-state index contributed by atoms with van der Waals surface area (Å²) >= 11 is 0. The Kier molecular flexibility index (Phi) is 12.4. The number of allylic oxidation sites excluding steroid dienone is 2. The van der Waals surface area contributed by atoms with E-state index in [1.165, 1.54) is 20.3 Å². The maximum absolute atomic E-state index is 14.3. The molecule has 62 heavy (non-hydrogen) atoms. The van der Waals surface area contributed by atoms with Crippen molar-refractivity contribution in [3.63, 3.8) is 0 Å². The van der Waals surface area contributed by atoms with Crippen molar-refractivity contribution in [1.29, 1.82) is 0 Å². The summed E-state index contributed by atoms with van der Waals surface area (Å²) in [6.45, 7) is 13.0. The number of nitrogens with one attached hydrogen (secondary N) is 1. The summed E-state index contributed by atoms with van der Waals surface area (Å²) in [5.74, 6) is -3.66. The van der Waals surface area contributed by atoms with Crippen LogP contribution in [0, 0.1) is 24.7 Å². The Morgan fingerprint density at radius 2 is 1.81 bits per heavy atom. The average molecular weight is 855 g/mol. The molecule has 1 saturated heterocycles. The number of anilines is 1. The van der Waals surface area contributed by atoms with Crippen LogP contribution in [0.25, 0.3) is 33.0 Å². The summed E-state index contributed by atoms with van der Waals surface area (Å²) in [6, 6.07) is 5.82. The zero-order valence-corrected chi connectivity index (χ0v) is 37.5. The van der Waals surface area contributed by atoms with E-state index in [4.69, 9.17) is 33.1 Å². The standard InChI is InChI=1S/C48H59N3O11/c1-24-14-12-15-25(2)47(56)50-38-41(55)36-35(37-45(38)60-34-22-30(17-18-32(34)49-37)16-13-20-51(8,9)10)31-23-48(7,62-43(31)27(4)39(36)53)58-21-19-33(57-11)26(3)44(59-29(6)52)46-40(54)28(5)42(24)61-46/h12,14-15,17-19,21-22,24,26,28,33,40,42,44,46,54H,13,16,20,23H2,1-11H3,(H-,49,50,53,55,56)/p+1/b14-12+,21-19+,25-15-/t24-,26+,28-,33-,40+,42-,44+,46+,48-/m0/s1. The third-order valence-electron chi connectivity index (χ3n) is 12.6. The summed E-state index contributed by atoms with van der Waals surface area (Å²) in [4.78, 5) is 45.9. The molecule has 1 fully saturated rings. The molecular weight excluding hydrogens is 795 g/mol. The average Bonchev–Trinajstić information content (AvgIpc) is 3.71. The first kappa shape index (κ1) is 44.8. The summed E-state index contributed by atoms with van der Waals surface area (Å²) < 4.78 is 38.5. The van der Waals surface area contributed by atoms with Gasteiger partial charge in [-0.05, 0) is 44.0 Å². The number of hydrogen-bond acceptors (Lipinski definition) is 12. The molecule has 1 amide bonds. The predicted octanol–water partition coefficient (Wildman–Crippen LogP) is 6.77. The lowest BCUT2D eigenvalue weighted by Crippen LogP contribution is -2.46. The molecule has 8 rings (SSSR count). The lowest BCUT2D eigenvalue weighted by Gasteiger charge is -2.33. The normalized spacial score (nSPS) is 30.0. The number of carbonyl (C=O) groups is 2. The minimum Gasteiger partial charge on any atom is -0.505 e. The number of methoxy groups -OCH3 is 1. The molecule has 0 aliphatic carbocycles. The molecule has 0 saturated carbocycles. The van der Waals surface area contributed by atoms with Gasteiger partial charge in [-0.2, -0.15) is 0 Å². The van der Waals surface area contributed by atoms with E-state index in [2.05, 4.69) is 26.5 Å². The van der Waals surface area contributed by atoms with E-state index in [1.807, 2.05) is 45.0 Å². The number of aliphatic hydroxyl groups is 1. The van der Waals surface area contributed by atoms with Gasteiger partial charge in [0.2, 0.25) is 0 Å². The van der Waals surface area contributed by atoms with Crippen LogP contribution in [0.1, 0.15) is 64.7 Å². The summed E-state index contributed by atoms with van der Waals surface area (Å²) in [6.07, 6.45) is 6.43. The quantitative estimate of drug-likeness (QED) is 0.0612. The molecule has 4 aromatic rings. The van der Waals surface area contributed by atoms with Gasteiger partial charge in [0.25, 0.3) is 11.7 Å². The van der Waals surface area contributed by atoms with Crippen molar-refractivity contribution >= 4 is 50.5 Å². The molecule has 4 aliphatic rings. The maximum Gasteiger partial charge on any atom is 0.303 e. The van der Waals surface area contributed by atoms with Gasteiger partial charge in [0.05, 0.1) is 64.1 Å². The van der Waals surface area contributed by atoms with Gasteiger partial charge < -0.3 is 48.1 Å². The molecule has 5 heterocycles. The van der Waals surface area contributed by atoms with Crippen LogP contribution in [0.15, 0.2) is 63.6 Å². The number of nitrogens with zero attached hydrogens (tertiary/aromatic N) is 2. The second kappa shape index (κ2) is 17.1. The fourth-order valence-electron chi connectivity index (χ4n) is 9.10. The van der Waals surface area contributed by atoms with Gasteiger partial charge in [-0.3, -0.25) is 14.4 Å². The minimum atomic E-state index is -1.33. The van der Waals surface area contributed by atoms with Gasteiger partial charge in [-0.15, -0.1) is 0 Å². The predicted molar refractivity (Wildman–Crippen MR) is 236 cm³/mol. The second-order valence-corrected chi connectivity index (χ2v) is 18.5. The number of rotatable bonds is 6. The molecule has 4 aliphatic heterocycles. The van der Waals surface area contributed by atoms with Crippen LogP contribution in [0.3, 0.4) is 0 Å². The smallest absolute Gasteiger partial charge is 0.303 e. The number of hydrogen-bond donors (Lipinski definition) is 3. The van der Waals surface area contributed by atoms with Crippen molar-refractivity contribution in [2.24, 2.45) is 17.8 Å². The number of fused-ring (bicyclic) bond motifs is 9. The fraction of sp³-hybridized carbons (Fsp3) is 0.500. The topological polar surface area (TPSA) is 176 Å². The number of aromatic nitrogens is 1. The summed E-state index contributed by atoms with van der Waals surface area (Å²) in [7, 11) is 7.98. The Morgan fingerprint density at radius 1 is 1.06 bits per heavy atom. The molecule has 1 aromatic heterocycles. The molecule has 332 valence electrons. The Labute approximate surface area is 361 Å². The largest absolute Gasteiger partial charge is 0.505 e. The van der Waals surface area contributed by atoms with Crippen molar-refractivity contribution in [2.45, 2.75) is 104 Å². The number of quaternary nitrogens is 1. The van der Waals surface area contributed by atoms with E-state index in [-0.39, 0.29) is 46.0 Å². The number of benzene rings is 3. The molecule has 7 bridgehead atoms. The van der Waals surface area contributed by atoms with Gasteiger partial charge in [0.1, 0.15) is 34.7 Å². The van der Waals surface area contributed by atoms with E-state index in [1.54, 1.807) is 39.0 Å². The molecule has 3 N–H and O–H groups in total.